The summed E-state index contributed by atoms with van der Waals surface area (Å²) in [6, 6.07) is 17.1. The summed E-state index contributed by atoms with van der Waals surface area (Å²) in [6.07, 6.45) is 0. The highest BCUT2D eigenvalue weighted by molar-refractivity contribution is 6.00. The number of nitrogens with one attached hydrogen (secondary N) is 1. The molecule has 0 bridgehead atoms. The molecule has 2 aromatic rings. The van der Waals surface area contributed by atoms with E-state index in [2.05, 4.69) is 5.32 Å². The van der Waals surface area contributed by atoms with Gasteiger partial charge >= 0.3 is 0 Å². The Hall–Kier alpha value is -2.62. The highest BCUT2D eigenvalue weighted by Gasteiger charge is 2.33. The van der Waals surface area contributed by atoms with Crippen molar-refractivity contribution in [3.63, 3.8) is 0 Å². The van der Waals surface area contributed by atoms with E-state index >= 15 is 0 Å². The predicted octanol–water partition coefficient (Wildman–Crippen LogP) is 2.17. The SMILES string of the molecule is CN1CC(C(=O)NCc2ccccc2)c2ccccc2C1=O. The molecule has 2 aromatic carbocycles. The fourth-order valence-corrected chi connectivity index (χ4v) is 2.79. The van der Waals surface area contributed by atoms with Crippen molar-refractivity contribution in [1.82, 2.24) is 10.2 Å². The molecule has 1 unspecified atom stereocenters. The number of benzene rings is 2. The molecule has 0 aliphatic carbocycles. The molecule has 1 heterocycles. The van der Waals surface area contributed by atoms with Gasteiger partial charge in [0.05, 0.1) is 5.92 Å². The summed E-state index contributed by atoms with van der Waals surface area (Å²) >= 11 is 0. The largest absolute Gasteiger partial charge is 0.351 e. The van der Waals surface area contributed by atoms with Crippen LogP contribution in [-0.4, -0.2) is 30.3 Å². The smallest absolute Gasteiger partial charge is 0.253 e. The molecule has 0 aromatic heterocycles. The first kappa shape index (κ1) is 14.3. The summed E-state index contributed by atoms with van der Waals surface area (Å²) in [5, 5.41) is 2.97. The van der Waals surface area contributed by atoms with E-state index < -0.39 is 0 Å². The Bertz CT molecular complexity index is 697. The van der Waals surface area contributed by atoms with Crippen LogP contribution in [0.4, 0.5) is 0 Å². The van der Waals surface area contributed by atoms with Gasteiger partial charge in [-0.3, -0.25) is 9.59 Å². The van der Waals surface area contributed by atoms with Crippen LogP contribution < -0.4 is 5.32 Å². The maximum atomic E-state index is 12.5. The van der Waals surface area contributed by atoms with Gasteiger partial charge in [0, 0.05) is 25.7 Å². The normalized spacial score (nSPS) is 17.0. The van der Waals surface area contributed by atoms with Crippen LogP contribution in [0.15, 0.2) is 54.6 Å². The second kappa shape index (κ2) is 6.02. The minimum atomic E-state index is -0.317. The Morgan fingerprint density at radius 2 is 1.82 bits per heavy atom. The van der Waals surface area contributed by atoms with Crippen molar-refractivity contribution in [3.8, 4) is 0 Å². The van der Waals surface area contributed by atoms with Gasteiger partial charge in [-0.25, -0.2) is 0 Å². The topological polar surface area (TPSA) is 49.4 Å². The fraction of sp³-hybridized carbons (Fsp3) is 0.222. The number of hydrogen-bond donors (Lipinski definition) is 1. The molecule has 4 nitrogen and oxygen atoms in total. The van der Waals surface area contributed by atoms with Crippen LogP contribution in [0, 0.1) is 0 Å². The predicted molar refractivity (Wildman–Crippen MR) is 84.4 cm³/mol. The Kier molecular flexibility index (Phi) is 3.92. The van der Waals surface area contributed by atoms with Crippen molar-refractivity contribution in [3.05, 3.63) is 71.3 Å². The molecule has 3 rings (SSSR count). The summed E-state index contributed by atoms with van der Waals surface area (Å²) in [4.78, 5) is 26.3. The van der Waals surface area contributed by atoms with E-state index in [1.54, 1.807) is 18.0 Å². The van der Waals surface area contributed by atoms with E-state index in [9.17, 15) is 9.59 Å². The third-order valence-corrected chi connectivity index (χ3v) is 4.00. The highest BCUT2D eigenvalue weighted by Crippen LogP contribution is 2.27. The third-order valence-electron chi connectivity index (χ3n) is 4.00. The van der Waals surface area contributed by atoms with E-state index in [1.807, 2.05) is 48.5 Å². The monoisotopic (exact) mass is 294 g/mol. The fourth-order valence-electron chi connectivity index (χ4n) is 2.79. The molecule has 1 aliphatic heterocycles. The number of carbonyl (C=O) groups is 2. The molecule has 0 saturated heterocycles. The summed E-state index contributed by atoms with van der Waals surface area (Å²) in [5.74, 6) is -0.388. The number of amides is 2. The van der Waals surface area contributed by atoms with Gasteiger partial charge in [-0.15, -0.1) is 0 Å². The Morgan fingerprint density at radius 3 is 2.59 bits per heavy atom. The van der Waals surface area contributed by atoms with E-state index in [0.717, 1.165) is 11.1 Å². The lowest BCUT2D eigenvalue weighted by Gasteiger charge is -2.31. The van der Waals surface area contributed by atoms with E-state index in [-0.39, 0.29) is 17.7 Å². The van der Waals surface area contributed by atoms with Crippen LogP contribution in [0.5, 0.6) is 0 Å². The van der Waals surface area contributed by atoms with Crippen molar-refractivity contribution in [1.29, 1.82) is 0 Å². The zero-order valence-corrected chi connectivity index (χ0v) is 12.5. The standard InChI is InChI=1S/C18H18N2O2/c1-20-12-16(14-9-5-6-10-15(14)18(20)22)17(21)19-11-13-7-3-2-4-8-13/h2-10,16H,11-12H2,1H3,(H,19,21). The number of hydrogen-bond acceptors (Lipinski definition) is 2. The van der Waals surface area contributed by atoms with Gasteiger partial charge in [-0.05, 0) is 17.2 Å². The van der Waals surface area contributed by atoms with Crippen LogP contribution in [-0.2, 0) is 11.3 Å². The van der Waals surface area contributed by atoms with E-state index in [4.69, 9.17) is 0 Å². The molecule has 112 valence electrons. The van der Waals surface area contributed by atoms with Crippen molar-refractivity contribution in [2.24, 2.45) is 0 Å². The maximum Gasteiger partial charge on any atom is 0.253 e. The lowest BCUT2D eigenvalue weighted by molar-refractivity contribution is -0.123. The quantitative estimate of drug-likeness (QED) is 0.943. The molecule has 1 aliphatic rings. The zero-order chi connectivity index (χ0) is 15.5. The molecule has 1 atom stereocenters. The molecule has 4 heteroatoms. The molecule has 0 saturated carbocycles. The van der Waals surface area contributed by atoms with Gasteiger partial charge in [-0.1, -0.05) is 48.5 Å². The average Bonchev–Trinajstić information content (AvgIpc) is 2.57. The Morgan fingerprint density at radius 1 is 1.14 bits per heavy atom. The summed E-state index contributed by atoms with van der Waals surface area (Å²) in [7, 11) is 1.73. The molecular formula is C18H18N2O2. The first-order chi connectivity index (χ1) is 10.7. The van der Waals surface area contributed by atoms with Gasteiger partial charge in [0.1, 0.15) is 0 Å². The minimum absolute atomic E-state index is 0.0253. The van der Waals surface area contributed by atoms with E-state index in [0.29, 0.717) is 18.7 Å². The highest BCUT2D eigenvalue weighted by atomic mass is 16.2. The van der Waals surface area contributed by atoms with Gasteiger partial charge in [0.15, 0.2) is 0 Å². The second-order valence-electron chi connectivity index (χ2n) is 5.53. The Balaban J connectivity index is 1.78. The van der Waals surface area contributed by atoms with Crippen molar-refractivity contribution in [2.75, 3.05) is 13.6 Å². The number of rotatable bonds is 3. The maximum absolute atomic E-state index is 12.5. The third kappa shape index (κ3) is 2.72. The number of nitrogens with zero attached hydrogens (tertiary/aromatic N) is 1. The lowest BCUT2D eigenvalue weighted by atomic mass is 9.89. The van der Waals surface area contributed by atoms with Crippen LogP contribution >= 0.6 is 0 Å². The molecule has 2 amide bonds. The molecule has 0 radical (unpaired) electrons. The van der Waals surface area contributed by atoms with Crippen molar-refractivity contribution < 1.29 is 9.59 Å². The molecule has 1 N–H and O–H groups in total. The zero-order valence-electron chi connectivity index (χ0n) is 12.5. The van der Waals surface area contributed by atoms with Crippen LogP contribution in [0.25, 0.3) is 0 Å². The van der Waals surface area contributed by atoms with Crippen molar-refractivity contribution in [2.45, 2.75) is 12.5 Å². The van der Waals surface area contributed by atoms with Crippen LogP contribution in [0.1, 0.15) is 27.4 Å². The molecule has 0 spiro atoms. The van der Waals surface area contributed by atoms with Gasteiger partial charge in [0.25, 0.3) is 5.91 Å². The van der Waals surface area contributed by atoms with Gasteiger partial charge in [0.2, 0.25) is 5.91 Å². The van der Waals surface area contributed by atoms with Crippen molar-refractivity contribution >= 4 is 11.8 Å². The number of fused-ring (bicyclic) bond motifs is 1. The first-order valence-electron chi connectivity index (χ1n) is 7.33. The van der Waals surface area contributed by atoms with Gasteiger partial charge < -0.3 is 10.2 Å². The minimum Gasteiger partial charge on any atom is -0.351 e. The van der Waals surface area contributed by atoms with E-state index in [1.165, 1.54) is 0 Å². The summed E-state index contributed by atoms with van der Waals surface area (Å²) in [5.41, 5.74) is 2.50. The second-order valence-corrected chi connectivity index (χ2v) is 5.53. The van der Waals surface area contributed by atoms with Crippen LogP contribution in [0.2, 0.25) is 0 Å². The van der Waals surface area contributed by atoms with Crippen LogP contribution in [0.3, 0.4) is 0 Å². The molecular weight excluding hydrogens is 276 g/mol. The lowest BCUT2D eigenvalue weighted by Crippen LogP contribution is -2.43. The first-order valence-corrected chi connectivity index (χ1v) is 7.33. The summed E-state index contributed by atoms with van der Waals surface area (Å²) in [6.45, 7) is 0.909. The number of carbonyl (C=O) groups excluding carboxylic acids is 2. The van der Waals surface area contributed by atoms with Gasteiger partial charge in [-0.2, -0.15) is 0 Å². The average molecular weight is 294 g/mol. The molecule has 22 heavy (non-hydrogen) atoms. The molecule has 0 fully saturated rings. The summed E-state index contributed by atoms with van der Waals surface area (Å²) < 4.78 is 0. The Labute approximate surface area is 129 Å². The number of likely N-dealkylation sites (N-methyl/N-ethyl adjacent to an activating group) is 1.